The summed E-state index contributed by atoms with van der Waals surface area (Å²) in [4.78, 5) is 14.8. The lowest BCUT2D eigenvalue weighted by molar-refractivity contribution is -0.120. The van der Waals surface area contributed by atoms with Crippen molar-refractivity contribution < 1.29 is 19.4 Å². The number of fused-ring (bicyclic) bond motifs is 1. The van der Waals surface area contributed by atoms with Crippen molar-refractivity contribution in [3.63, 3.8) is 0 Å². The van der Waals surface area contributed by atoms with E-state index in [0.717, 1.165) is 17.7 Å². The maximum absolute atomic E-state index is 12.0. The quantitative estimate of drug-likeness (QED) is 0.264. The van der Waals surface area contributed by atoms with Crippen LogP contribution in [0.2, 0.25) is 0 Å². The van der Waals surface area contributed by atoms with Crippen LogP contribution in [-0.2, 0) is 4.79 Å². The minimum absolute atomic E-state index is 0.129. The molecule has 0 saturated heterocycles. The van der Waals surface area contributed by atoms with E-state index in [1.165, 1.54) is 32.1 Å². The zero-order valence-corrected chi connectivity index (χ0v) is 17.8. The molecule has 0 spiro atoms. The number of azo groups is 1. The first-order valence-corrected chi connectivity index (χ1v) is 10.8. The van der Waals surface area contributed by atoms with Crippen molar-refractivity contribution in [2.24, 2.45) is 10.2 Å². The fourth-order valence-corrected chi connectivity index (χ4v) is 3.20. The fraction of sp³-hybridized carbons (Fsp3) is 0.375. The number of aromatic hydroxyl groups is 1. The van der Waals surface area contributed by atoms with E-state index < -0.39 is 5.91 Å². The van der Waals surface area contributed by atoms with E-state index in [1.807, 2.05) is 24.3 Å². The number of H-pyrrole nitrogens is 1. The summed E-state index contributed by atoms with van der Waals surface area (Å²) in [5, 5.41) is 18.2. The first-order chi connectivity index (χ1) is 15.2. The van der Waals surface area contributed by atoms with Crippen LogP contribution >= 0.6 is 0 Å². The number of aromatic nitrogens is 1. The van der Waals surface area contributed by atoms with Gasteiger partial charge in [-0.25, -0.2) is 0 Å². The molecule has 3 aromatic rings. The molecule has 1 heterocycles. The van der Waals surface area contributed by atoms with Crippen molar-refractivity contribution in [2.45, 2.75) is 45.4 Å². The summed E-state index contributed by atoms with van der Waals surface area (Å²) in [7, 11) is 0. The van der Waals surface area contributed by atoms with E-state index in [2.05, 4.69) is 22.1 Å². The number of carbonyl (C=O) groups is 1. The molecule has 0 atom stereocenters. The summed E-state index contributed by atoms with van der Waals surface area (Å²) in [6, 6.07) is 14.4. The molecule has 0 bridgehead atoms. The summed E-state index contributed by atoms with van der Waals surface area (Å²) in [5.74, 6) is 0.649. The Labute approximate surface area is 182 Å². The van der Waals surface area contributed by atoms with Crippen LogP contribution in [0.4, 0.5) is 5.69 Å². The number of aromatic amines is 1. The van der Waals surface area contributed by atoms with E-state index in [9.17, 15) is 9.90 Å². The molecule has 7 heteroatoms. The second-order valence-electron chi connectivity index (χ2n) is 7.34. The second-order valence-corrected chi connectivity index (χ2v) is 7.34. The Balaban J connectivity index is 1.41. The molecule has 0 saturated carbocycles. The van der Waals surface area contributed by atoms with Gasteiger partial charge in [0.25, 0.3) is 0 Å². The molecular formula is C24H29N3O4. The third kappa shape index (κ3) is 6.84. The summed E-state index contributed by atoms with van der Waals surface area (Å²) >= 11 is 0. The Kier molecular flexibility index (Phi) is 8.46. The molecular weight excluding hydrogens is 394 g/mol. The number of carbonyl (C=O) groups excluding carboxylic acids is 1. The lowest BCUT2D eigenvalue weighted by Gasteiger charge is -2.08. The maximum Gasteiger partial charge on any atom is 0.302 e. The Hall–Kier alpha value is -3.35. The van der Waals surface area contributed by atoms with Crippen LogP contribution in [0.5, 0.6) is 17.4 Å². The zero-order valence-electron chi connectivity index (χ0n) is 17.8. The Morgan fingerprint density at radius 3 is 2.39 bits per heavy atom. The Morgan fingerprint density at radius 2 is 1.61 bits per heavy atom. The van der Waals surface area contributed by atoms with E-state index in [1.54, 1.807) is 24.3 Å². The smallest absolute Gasteiger partial charge is 0.302 e. The predicted octanol–water partition coefficient (Wildman–Crippen LogP) is 6.30. The van der Waals surface area contributed by atoms with Crippen LogP contribution in [0.1, 0.15) is 45.4 Å². The third-order valence-electron chi connectivity index (χ3n) is 4.87. The van der Waals surface area contributed by atoms with Gasteiger partial charge in [-0.3, -0.25) is 4.79 Å². The number of benzene rings is 2. The van der Waals surface area contributed by atoms with Gasteiger partial charge in [0.15, 0.2) is 12.3 Å². The number of nitrogens with one attached hydrogen (secondary N) is 1. The first-order valence-electron chi connectivity index (χ1n) is 10.8. The number of unbranched alkanes of at least 4 members (excludes halogenated alkanes) is 5. The molecule has 0 radical (unpaired) electrons. The number of nitrogens with zero attached hydrogens (tertiary/aromatic N) is 2. The van der Waals surface area contributed by atoms with Crippen LogP contribution in [0.25, 0.3) is 10.9 Å². The van der Waals surface area contributed by atoms with Gasteiger partial charge in [0.1, 0.15) is 11.5 Å². The number of amides is 1. The van der Waals surface area contributed by atoms with Crippen molar-refractivity contribution in [2.75, 3.05) is 13.2 Å². The van der Waals surface area contributed by atoms with Crippen molar-refractivity contribution >= 4 is 22.5 Å². The standard InChI is InChI=1S/C24H29N3O4/c1-2-3-4-5-6-9-16-30-18-12-14-19(15-13-18)31-17-22(28)26-27-23-20-10-7-8-11-21(20)25-24(23)29/h7-8,10-15,25,29H,2-6,9,16-17H2,1H3. The van der Waals surface area contributed by atoms with Gasteiger partial charge in [-0.2, -0.15) is 0 Å². The number of hydrogen-bond acceptors (Lipinski definition) is 5. The van der Waals surface area contributed by atoms with Gasteiger partial charge in [-0.1, -0.05) is 57.2 Å². The van der Waals surface area contributed by atoms with Gasteiger partial charge in [-0.05, 0) is 36.8 Å². The monoisotopic (exact) mass is 423 g/mol. The van der Waals surface area contributed by atoms with Crippen LogP contribution in [0.15, 0.2) is 58.8 Å². The average molecular weight is 424 g/mol. The minimum Gasteiger partial charge on any atom is -0.494 e. The SMILES string of the molecule is CCCCCCCCOc1ccc(OCC(=O)N=Nc2c(O)[nH]c3ccccc23)cc1. The molecule has 2 N–H and O–H groups in total. The average Bonchev–Trinajstić information content (AvgIpc) is 3.11. The predicted molar refractivity (Wildman–Crippen MR) is 120 cm³/mol. The number of para-hydroxylation sites is 1. The molecule has 1 aromatic heterocycles. The highest BCUT2D eigenvalue weighted by atomic mass is 16.5. The lowest BCUT2D eigenvalue weighted by atomic mass is 10.1. The highest BCUT2D eigenvalue weighted by Crippen LogP contribution is 2.35. The van der Waals surface area contributed by atoms with E-state index in [0.29, 0.717) is 17.7 Å². The molecule has 3 rings (SSSR count). The highest BCUT2D eigenvalue weighted by molar-refractivity contribution is 5.94. The Bertz CT molecular complexity index is 996. The summed E-state index contributed by atoms with van der Waals surface area (Å²) in [6.45, 7) is 2.67. The molecule has 0 aliphatic carbocycles. The number of rotatable bonds is 12. The van der Waals surface area contributed by atoms with Crippen molar-refractivity contribution in [1.29, 1.82) is 0 Å². The lowest BCUT2D eigenvalue weighted by Crippen LogP contribution is -2.07. The van der Waals surface area contributed by atoms with E-state index >= 15 is 0 Å². The van der Waals surface area contributed by atoms with Gasteiger partial charge in [0.05, 0.1) is 12.1 Å². The highest BCUT2D eigenvalue weighted by Gasteiger charge is 2.10. The van der Waals surface area contributed by atoms with Gasteiger partial charge >= 0.3 is 5.91 Å². The topological polar surface area (TPSA) is 96.3 Å². The summed E-state index contributed by atoms with van der Waals surface area (Å²) in [6.07, 6.45) is 7.35. The molecule has 7 nitrogen and oxygen atoms in total. The fourth-order valence-electron chi connectivity index (χ4n) is 3.20. The van der Waals surface area contributed by atoms with Crippen molar-refractivity contribution in [3.8, 4) is 17.4 Å². The maximum atomic E-state index is 12.0. The first kappa shape index (κ1) is 22.3. The van der Waals surface area contributed by atoms with Gasteiger partial charge in [-0.15, -0.1) is 10.2 Å². The number of hydrogen-bond donors (Lipinski definition) is 2. The van der Waals surface area contributed by atoms with Crippen LogP contribution < -0.4 is 9.47 Å². The number of ether oxygens (including phenoxy) is 2. The van der Waals surface area contributed by atoms with Crippen molar-refractivity contribution in [3.05, 3.63) is 48.5 Å². The molecule has 0 aliphatic rings. The van der Waals surface area contributed by atoms with Crippen LogP contribution in [-0.4, -0.2) is 29.2 Å². The summed E-state index contributed by atoms with van der Waals surface area (Å²) in [5.41, 5.74) is 0.951. The molecule has 0 aliphatic heterocycles. The normalized spacial score (nSPS) is 11.3. The van der Waals surface area contributed by atoms with E-state index in [-0.39, 0.29) is 18.2 Å². The minimum atomic E-state index is -0.548. The summed E-state index contributed by atoms with van der Waals surface area (Å²) < 4.78 is 11.2. The van der Waals surface area contributed by atoms with Gasteiger partial charge in [0, 0.05) is 5.39 Å². The molecule has 31 heavy (non-hydrogen) atoms. The van der Waals surface area contributed by atoms with Crippen molar-refractivity contribution in [1.82, 2.24) is 4.98 Å². The molecule has 2 aromatic carbocycles. The van der Waals surface area contributed by atoms with Gasteiger partial charge < -0.3 is 19.6 Å². The molecule has 0 unspecified atom stereocenters. The molecule has 1 amide bonds. The molecule has 0 fully saturated rings. The third-order valence-corrected chi connectivity index (χ3v) is 4.87. The largest absolute Gasteiger partial charge is 0.494 e. The van der Waals surface area contributed by atoms with Crippen LogP contribution in [0, 0.1) is 0 Å². The van der Waals surface area contributed by atoms with Gasteiger partial charge in [0.2, 0.25) is 5.88 Å². The second kappa shape index (κ2) is 11.7. The molecule has 164 valence electrons. The zero-order chi connectivity index (χ0) is 21.9. The Morgan fingerprint density at radius 1 is 0.935 bits per heavy atom. The van der Waals surface area contributed by atoms with Crippen LogP contribution in [0.3, 0.4) is 0 Å². The van der Waals surface area contributed by atoms with E-state index in [4.69, 9.17) is 9.47 Å².